The van der Waals surface area contributed by atoms with Crippen LogP contribution in [0.25, 0.3) is 22.3 Å². The predicted molar refractivity (Wildman–Crippen MR) is 121 cm³/mol. The van der Waals surface area contributed by atoms with E-state index in [-0.39, 0.29) is 17.1 Å². The number of furan rings is 1. The van der Waals surface area contributed by atoms with Crippen LogP contribution in [-0.4, -0.2) is 17.9 Å². The molecule has 0 radical (unpaired) electrons. The number of carbonyl (C=O) groups excluding carboxylic acids is 1. The molecule has 0 saturated heterocycles. The maximum Gasteiger partial charge on any atom is 0.573 e. The van der Waals surface area contributed by atoms with Gasteiger partial charge in [0, 0.05) is 11.0 Å². The fourth-order valence-corrected chi connectivity index (χ4v) is 4.01. The SMILES string of the molecule is C=C(C)C(=O)OC(C)(C)CC(C)(C)c1ccc2cc(-c3ccccc3OC(F)(F)F)oc2c1. The Labute approximate surface area is 191 Å². The molecule has 1 heterocycles. The first kappa shape index (κ1) is 24.4. The number of benzene rings is 2. The molecule has 0 amide bonds. The van der Waals surface area contributed by atoms with Crippen molar-refractivity contribution in [2.75, 3.05) is 0 Å². The molecule has 3 rings (SSSR count). The third kappa shape index (κ3) is 5.97. The van der Waals surface area contributed by atoms with Crippen LogP contribution in [0, 0.1) is 0 Å². The van der Waals surface area contributed by atoms with Gasteiger partial charge in [-0.2, -0.15) is 0 Å². The molecule has 176 valence electrons. The second-order valence-corrected chi connectivity index (χ2v) is 9.40. The molecule has 0 spiro atoms. The lowest BCUT2D eigenvalue weighted by Crippen LogP contribution is -2.36. The molecule has 33 heavy (non-hydrogen) atoms. The fraction of sp³-hybridized carbons (Fsp3) is 0.346. The highest BCUT2D eigenvalue weighted by molar-refractivity contribution is 5.87. The van der Waals surface area contributed by atoms with Crippen LogP contribution in [-0.2, 0) is 14.9 Å². The van der Waals surface area contributed by atoms with Crippen molar-refractivity contribution in [1.29, 1.82) is 0 Å². The van der Waals surface area contributed by atoms with Gasteiger partial charge in [0.25, 0.3) is 0 Å². The zero-order valence-corrected chi connectivity index (χ0v) is 19.3. The monoisotopic (exact) mass is 460 g/mol. The molecule has 0 saturated carbocycles. The number of para-hydroxylation sites is 1. The van der Waals surface area contributed by atoms with E-state index in [0.29, 0.717) is 17.6 Å². The lowest BCUT2D eigenvalue weighted by molar-refractivity contribution is -0.274. The van der Waals surface area contributed by atoms with Crippen LogP contribution in [0.4, 0.5) is 13.2 Å². The van der Waals surface area contributed by atoms with Crippen molar-refractivity contribution in [3.05, 3.63) is 66.2 Å². The highest BCUT2D eigenvalue weighted by Crippen LogP contribution is 2.39. The van der Waals surface area contributed by atoms with Gasteiger partial charge >= 0.3 is 12.3 Å². The topological polar surface area (TPSA) is 48.7 Å². The average Bonchev–Trinajstić information content (AvgIpc) is 3.08. The molecule has 1 aromatic heterocycles. The average molecular weight is 460 g/mol. The maximum atomic E-state index is 12.8. The zero-order chi connectivity index (χ0) is 24.6. The van der Waals surface area contributed by atoms with E-state index in [4.69, 9.17) is 9.15 Å². The fourth-order valence-electron chi connectivity index (χ4n) is 4.01. The van der Waals surface area contributed by atoms with Gasteiger partial charge in [-0.15, -0.1) is 13.2 Å². The Morgan fingerprint density at radius 2 is 1.70 bits per heavy atom. The Balaban J connectivity index is 1.92. The Kier molecular flexibility index (Phi) is 6.37. The third-order valence-corrected chi connectivity index (χ3v) is 5.26. The number of alkyl halides is 3. The minimum absolute atomic E-state index is 0.208. The Morgan fingerprint density at radius 3 is 2.33 bits per heavy atom. The van der Waals surface area contributed by atoms with Crippen LogP contribution in [0.3, 0.4) is 0 Å². The highest BCUT2D eigenvalue weighted by atomic mass is 19.4. The van der Waals surface area contributed by atoms with Gasteiger partial charge in [0.1, 0.15) is 22.7 Å². The summed E-state index contributed by atoms with van der Waals surface area (Å²) in [6.07, 6.45) is -4.28. The molecule has 0 aliphatic heterocycles. The van der Waals surface area contributed by atoms with Crippen molar-refractivity contribution in [2.45, 2.75) is 58.4 Å². The third-order valence-electron chi connectivity index (χ3n) is 5.26. The zero-order valence-electron chi connectivity index (χ0n) is 19.3. The van der Waals surface area contributed by atoms with Crippen molar-refractivity contribution in [3.63, 3.8) is 0 Å². The number of carbonyl (C=O) groups is 1. The number of hydrogen-bond donors (Lipinski definition) is 0. The van der Waals surface area contributed by atoms with Gasteiger partial charge in [0.15, 0.2) is 0 Å². The van der Waals surface area contributed by atoms with Gasteiger partial charge < -0.3 is 13.9 Å². The van der Waals surface area contributed by atoms with Gasteiger partial charge in [-0.3, -0.25) is 0 Å². The first-order valence-electron chi connectivity index (χ1n) is 10.4. The second-order valence-electron chi connectivity index (χ2n) is 9.40. The van der Waals surface area contributed by atoms with Crippen LogP contribution in [0.2, 0.25) is 0 Å². The summed E-state index contributed by atoms with van der Waals surface area (Å²) in [5.74, 6) is -0.497. The minimum Gasteiger partial charge on any atom is -0.456 e. The summed E-state index contributed by atoms with van der Waals surface area (Å²) in [5.41, 5.74) is 0.887. The van der Waals surface area contributed by atoms with E-state index >= 15 is 0 Å². The summed E-state index contributed by atoms with van der Waals surface area (Å²) < 4.78 is 54.1. The Hall–Kier alpha value is -3.22. The quantitative estimate of drug-likeness (QED) is 0.270. The lowest BCUT2D eigenvalue weighted by atomic mass is 9.76. The lowest BCUT2D eigenvalue weighted by Gasteiger charge is -2.35. The summed E-state index contributed by atoms with van der Waals surface area (Å²) in [6.45, 7) is 13.0. The Bertz CT molecular complexity index is 1190. The van der Waals surface area contributed by atoms with Gasteiger partial charge in [0.2, 0.25) is 0 Å². The molecular weight excluding hydrogens is 433 g/mol. The molecular formula is C26H27F3O4. The van der Waals surface area contributed by atoms with E-state index in [9.17, 15) is 18.0 Å². The Morgan fingerprint density at radius 1 is 1.03 bits per heavy atom. The predicted octanol–water partition coefficient (Wildman–Crippen LogP) is 7.56. The summed E-state index contributed by atoms with van der Waals surface area (Å²) in [4.78, 5) is 12.0. The maximum absolute atomic E-state index is 12.8. The second kappa shape index (κ2) is 8.61. The van der Waals surface area contributed by atoms with Crippen LogP contribution >= 0.6 is 0 Å². The van der Waals surface area contributed by atoms with Crippen LogP contribution in [0.15, 0.2) is 65.1 Å². The van der Waals surface area contributed by atoms with Crippen molar-refractivity contribution in [3.8, 4) is 17.1 Å². The number of ether oxygens (including phenoxy) is 2. The van der Waals surface area contributed by atoms with E-state index in [0.717, 1.165) is 10.9 Å². The molecule has 0 bridgehead atoms. The van der Waals surface area contributed by atoms with E-state index in [2.05, 4.69) is 11.3 Å². The van der Waals surface area contributed by atoms with Gasteiger partial charge in [-0.05, 0) is 62.4 Å². The summed E-state index contributed by atoms with van der Waals surface area (Å²) >= 11 is 0. The number of rotatable bonds is 7. The molecule has 0 fully saturated rings. The van der Waals surface area contributed by atoms with Crippen LogP contribution < -0.4 is 4.74 Å². The molecule has 0 aliphatic carbocycles. The van der Waals surface area contributed by atoms with E-state index < -0.39 is 23.3 Å². The van der Waals surface area contributed by atoms with Crippen molar-refractivity contribution >= 4 is 16.9 Å². The molecule has 2 aromatic carbocycles. The first-order valence-corrected chi connectivity index (χ1v) is 10.4. The summed E-state index contributed by atoms with van der Waals surface area (Å²) in [7, 11) is 0. The van der Waals surface area contributed by atoms with Crippen molar-refractivity contribution < 1.29 is 31.9 Å². The largest absolute Gasteiger partial charge is 0.573 e. The van der Waals surface area contributed by atoms with Gasteiger partial charge in [-0.25, -0.2) is 4.79 Å². The summed E-state index contributed by atoms with van der Waals surface area (Å²) in [5, 5.41) is 0.749. The standard InChI is InChI=1S/C26H27F3O4/c1-16(2)23(30)33-25(5,6)15-24(3,4)18-12-11-17-13-22(31-21(17)14-18)19-9-7-8-10-20(19)32-26(27,28)29/h7-14H,1,15H2,2-6H3. The van der Waals surface area contributed by atoms with E-state index in [1.807, 2.05) is 45.9 Å². The van der Waals surface area contributed by atoms with Crippen LogP contribution in [0.5, 0.6) is 5.75 Å². The molecule has 3 aromatic rings. The molecule has 7 heteroatoms. The molecule has 0 unspecified atom stereocenters. The molecule has 0 atom stereocenters. The normalized spacial score (nSPS) is 12.6. The van der Waals surface area contributed by atoms with Crippen molar-refractivity contribution in [2.24, 2.45) is 0 Å². The van der Waals surface area contributed by atoms with Crippen molar-refractivity contribution in [1.82, 2.24) is 0 Å². The molecule has 4 nitrogen and oxygen atoms in total. The van der Waals surface area contributed by atoms with Gasteiger partial charge in [-0.1, -0.05) is 44.7 Å². The number of esters is 1. The number of hydrogen-bond acceptors (Lipinski definition) is 4. The molecule has 0 N–H and O–H groups in total. The minimum atomic E-state index is -4.81. The highest BCUT2D eigenvalue weighted by Gasteiger charge is 2.34. The van der Waals surface area contributed by atoms with E-state index in [1.54, 1.807) is 19.1 Å². The molecule has 0 aliphatic rings. The van der Waals surface area contributed by atoms with Crippen LogP contribution in [0.1, 0.15) is 46.6 Å². The first-order chi connectivity index (χ1) is 15.2. The van der Waals surface area contributed by atoms with Gasteiger partial charge in [0.05, 0.1) is 5.56 Å². The smallest absolute Gasteiger partial charge is 0.456 e. The summed E-state index contributed by atoms with van der Waals surface area (Å²) in [6, 6.07) is 13.2. The van der Waals surface area contributed by atoms with E-state index in [1.165, 1.54) is 18.2 Å². The number of fused-ring (bicyclic) bond motifs is 1. The number of halogens is 3.